The van der Waals surface area contributed by atoms with Crippen molar-refractivity contribution in [3.8, 4) is 62.5 Å². The highest BCUT2D eigenvalue weighted by molar-refractivity contribution is 7.26. The number of benzene rings is 8. The van der Waals surface area contributed by atoms with Crippen LogP contribution in [0.3, 0.4) is 0 Å². The molecule has 0 saturated heterocycles. The van der Waals surface area contributed by atoms with Crippen LogP contribution < -0.4 is 0 Å². The maximum Gasteiger partial charge on any atom is 0.238 e. The number of rotatable bonds is 6. The molecule has 0 N–H and O–H groups in total. The fraction of sp³-hybridized carbons (Fsp3) is 0. The zero-order valence-corrected chi connectivity index (χ0v) is 34.3. The van der Waals surface area contributed by atoms with E-state index in [0.29, 0.717) is 29.0 Å². The molecular weight excluding hydrogens is 793 g/mol. The van der Waals surface area contributed by atoms with E-state index in [0.717, 1.165) is 92.0 Å². The second kappa shape index (κ2) is 14.1. The molecule has 0 unspecified atom stereocenters. The van der Waals surface area contributed by atoms with Gasteiger partial charge in [-0.3, -0.25) is 4.57 Å². The Morgan fingerprint density at radius 1 is 0.397 bits per heavy atom. The van der Waals surface area contributed by atoms with Crippen molar-refractivity contribution in [2.24, 2.45) is 0 Å². The van der Waals surface area contributed by atoms with Crippen LogP contribution in [0.4, 0.5) is 0 Å². The summed E-state index contributed by atoms with van der Waals surface area (Å²) in [5.41, 5.74) is 11.2. The van der Waals surface area contributed by atoms with Gasteiger partial charge in [-0.05, 0) is 53.6 Å². The molecular formula is C55H32N6OS. The molecule has 0 radical (unpaired) electrons. The third kappa shape index (κ3) is 5.76. The second-order valence-electron chi connectivity index (χ2n) is 15.6. The topological polar surface area (TPSA) is 82.5 Å². The third-order valence-corrected chi connectivity index (χ3v) is 13.0. The number of hydrogen-bond donors (Lipinski definition) is 0. The predicted octanol–water partition coefficient (Wildman–Crippen LogP) is 14.4. The van der Waals surface area contributed by atoms with E-state index in [-0.39, 0.29) is 0 Å². The Balaban J connectivity index is 0.992. The summed E-state index contributed by atoms with van der Waals surface area (Å²) in [5, 5.41) is 5.46. The van der Waals surface area contributed by atoms with Gasteiger partial charge in [0.25, 0.3) is 0 Å². The summed E-state index contributed by atoms with van der Waals surface area (Å²) in [6.07, 6.45) is 0. The number of thiophene rings is 1. The van der Waals surface area contributed by atoms with E-state index in [1.165, 1.54) is 5.56 Å². The van der Waals surface area contributed by atoms with Crippen LogP contribution in [0.5, 0.6) is 0 Å². The van der Waals surface area contributed by atoms with Gasteiger partial charge in [-0.2, -0.15) is 9.97 Å². The molecule has 5 aromatic heterocycles. The summed E-state index contributed by atoms with van der Waals surface area (Å²) in [6.45, 7) is 0. The van der Waals surface area contributed by atoms with E-state index in [4.69, 9.17) is 29.3 Å². The fourth-order valence-electron chi connectivity index (χ4n) is 8.96. The molecule has 0 atom stereocenters. The minimum absolute atomic E-state index is 0.560. The Kier molecular flexibility index (Phi) is 7.94. The highest BCUT2D eigenvalue weighted by atomic mass is 32.1. The fourth-order valence-corrected chi connectivity index (χ4v) is 10.1. The number of para-hydroxylation sites is 2. The van der Waals surface area contributed by atoms with Crippen molar-refractivity contribution in [1.29, 1.82) is 0 Å². The number of aromatic nitrogens is 6. The van der Waals surface area contributed by atoms with Crippen LogP contribution in [-0.2, 0) is 0 Å². The molecule has 0 spiro atoms. The average molecular weight is 825 g/mol. The van der Waals surface area contributed by atoms with Gasteiger partial charge in [0.15, 0.2) is 23.1 Å². The van der Waals surface area contributed by atoms with Gasteiger partial charge in [-0.15, -0.1) is 11.3 Å². The highest BCUT2D eigenvalue weighted by Gasteiger charge is 2.22. The van der Waals surface area contributed by atoms with E-state index < -0.39 is 0 Å². The van der Waals surface area contributed by atoms with Crippen molar-refractivity contribution < 1.29 is 4.42 Å². The Bertz CT molecular complexity index is 3910. The minimum atomic E-state index is 0.560. The zero-order valence-electron chi connectivity index (χ0n) is 33.5. The average Bonchev–Trinajstić information content (AvgIpc) is 4.03. The van der Waals surface area contributed by atoms with E-state index in [2.05, 4.69) is 126 Å². The maximum atomic E-state index is 6.42. The van der Waals surface area contributed by atoms with Crippen LogP contribution >= 0.6 is 11.3 Å². The lowest BCUT2D eigenvalue weighted by molar-refractivity contribution is 0.667. The molecule has 13 aromatic rings. The van der Waals surface area contributed by atoms with E-state index in [1.54, 1.807) is 11.3 Å². The van der Waals surface area contributed by atoms with Crippen molar-refractivity contribution >= 4 is 75.4 Å². The highest BCUT2D eigenvalue weighted by Crippen LogP contribution is 2.43. The molecule has 294 valence electrons. The number of furan rings is 1. The Hall–Kier alpha value is -8.33. The lowest BCUT2D eigenvalue weighted by Crippen LogP contribution is -2.06. The quantitative estimate of drug-likeness (QED) is 0.166. The first kappa shape index (κ1) is 35.4. The van der Waals surface area contributed by atoms with Crippen LogP contribution in [0.15, 0.2) is 199 Å². The van der Waals surface area contributed by atoms with Crippen molar-refractivity contribution in [3.05, 3.63) is 194 Å². The van der Waals surface area contributed by atoms with Gasteiger partial charge in [0.1, 0.15) is 16.8 Å². The lowest BCUT2D eigenvalue weighted by Gasteiger charge is -2.11. The van der Waals surface area contributed by atoms with Gasteiger partial charge in [-0.25, -0.2) is 15.0 Å². The van der Waals surface area contributed by atoms with Crippen LogP contribution in [-0.4, -0.2) is 29.5 Å². The first-order valence-electron chi connectivity index (χ1n) is 20.8. The van der Waals surface area contributed by atoms with Gasteiger partial charge in [0.05, 0.1) is 11.0 Å². The van der Waals surface area contributed by atoms with Crippen LogP contribution in [0.1, 0.15) is 0 Å². The van der Waals surface area contributed by atoms with Crippen LogP contribution in [0.2, 0.25) is 0 Å². The smallest absolute Gasteiger partial charge is 0.238 e. The van der Waals surface area contributed by atoms with Gasteiger partial charge < -0.3 is 4.42 Å². The van der Waals surface area contributed by atoms with Crippen molar-refractivity contribution in [3.63, 3.8) is 0 Å². The molecule has 0 aliphatic heterocycles. The molecule has 0 fully saturated rings. The lowest BCUT2D eigenvalue weighted by atomic mass is 10.0. The Morgan fingerprint density at radius 2 is 1.06 bits per heavy atom. The number of nitrogens with zero attached hydrogens (tertiary/aromatic N) is 6. The molecule has 0 saturated carbocycles. The first-order chi connectivity index (χ1) is 31.2. The summed E-state index contributed by atoms with van der Waals surface area (Å²) in [6, 6.07) is 66.9. The number of fused-ring (bicyclic) bond motifs is 9. The molecule has 8 aromatic carbocycles. The summed E-state index contributed by atoms with van der Waals surface area (Å²) in [7, 11) is 0. The molecule has 63 heavy (non-hydrogen) atoms. The molecule has 0 amide bonds. The summed E-state index contributed by atoms with van der Waals surface area (Å²) in [4.78, 5) is 26.1. The molecule has 0 aliphatic carbocycles. The molecule has 0 aliphatic rings. The van der Waals surface area contributed by atoms with Gasteiger partial charge in [-0.1, -0.05) is 152 Å². The monoisotopic (exact) mass is 824 g/mol. The Morgan fingerprint density at radius 3 is 1.87 bits per heavy atom. The van der Waals surface area contributed by atoms with Crippen LogP contribution in [0.25, 0.3) is 127 Å². The van der Waals surface area contributed by atoms with Gasteiger partial charge in [0, 0.05) is 58.6 Å². The summed E-state index contributed by atoms with van der Waals surface area (Å²) < 4.78 is 10.8. The normalized spacial score (nSPS) is 11.8. The third-order valence-electron chi connectivity index (χ3n) is 11.9. The minimum Gasteiger partial charge on any atom is -0.452 e. The molecule has 7 nitrogen and oxygen atoms in total. The van der Waals surface area contributed by atoms with Crippen molar-refractivity contribution in [1.82, 2.24) is 29.5 Å². The van der Waals surface area contributed by atoms with E-state index in [1.807, 2.05) is 72.8 Å². The summed E-state index contributed by atoms with van der Waals surface area (Å²) in [5.74, 6) is 2.41. The zero-order chi connectivity index (χ0) is 41.4. The maximum absolute atomic E-state index is 6.42. The van der Waals surface area contributed by atoms with Crippen molar-refractivity contribution in [2.75, 3.05) is 0 Å². The van der Waals surface area contributed by atoms with Gasteiger partial charge >= 0.3 is 0 Å². The van der Waals surface area contributed by atoms with Crippen molar-refractivity contribution in [2.45, 2.75) is 0 Å². The molecule has 13 rings (SSSR count). The largest absolute Gasteiger partial charge is 0.452 e. The first-order valence-corrected chi connectivity index (χ1v) is 21.6. The molecule has 5 heterocycles. The Labute approximate surface area is 364 Å². The SMILES string of the molecule is c1ccc(-c2ccc3c(c2)c2ccccc2n3-c2nc(-c3ccccc3)nc(-c3ccc4c(c3)sc3cccc(-c5nc(-c6ccccc6)c6oc7ccccc7c6n5)c34)n2)cc1. The molecule has 0 bridgehead atoms. The second-order valence-corrected chi connectivity index (χ2v) is 16.7. The van der Waals surface area contributed by atoms with E-state index in [9.17, 15) is 0 Å². The number of hydrogen-bond acceptors (Lipinski definition) is 7. The standard InChI is InChI=1S/C55H32N6OS/c1-4-15-33(16-5-1)36-28-30-44-42(31-36)38-21-10-12-24-43(38)61(44)55-59-52(35-19-8-3-9-20-35)58-53(60-55)37-27-29-40-47(32-37)63-46-26-14-23-41(48(40)46)54-56-49(34-17-6-2-7-18-34)51-50(57-54)39-22-11-13-25-45(39)62-51/h1-32H. The predicted molar refractivity (Wildman–Crippen MR) is 257 cm³/mol. The molecule has 8 heteroatoms. The summed E-state index contributed by atoms with van der Waals surface area (Å²) >= 11 is 1.74. The van der Waals surface area contributed by atoms with Crippen LogP contribution in [0, 0.1) is 0 Å². The van der Waals surface area contributed by atoms with E-state index >= 15 is 0 Å². The van der Waals surface area contributed by atoms with Gasteiger partial charge in [0.2, 0.25) is 5.95 Å².